The third-order valence-corrected chi connectivity index (χ3v) is 6.65. The Bertz CT molecular complexity index is 900. The number of nitrogens with one attached hydrogen (secondary N) is 1. The van der Waals surface area contributed by atoms with Gasteiger partial charge in [0.2, 0.25) is 5.91 Å². The fourth-order valence-electron chi connectivity index (χ4n) is 4.66. The molecule has 0 spiro atoms. The first-order valence-electron chi connectivity index (χ1n) is 12.3. The SMILES string of the molecule is Cc1nn(-c2ccc(N3CCCCC3)nn2)c(C)c1CCC(=O)NCCCN1CCOCC1. The number of piperidine rings is 1. The van der Waals surface area contributed by atoms with Gasteiger partial charge >= 0.3 is 0 Å². The number of anilines is 1. The summed E-state index contributed by atoms with van der Waals surface area (Å²) in [6.45, 7) is 11.5. The Hall–Kier alpha value is -2.52. The van der Waals surface area contributed by atoms with E-state index in [1.807, 2.05) is 30.7 Å². The van der Waals surface area contributed by atoms with Crippen LogP contribution >= 0.6 is 0 Å². The summed E-state index contributed by atoms with van der Waals surface area (Å²) < 4.78 is 7.22. The fourth-order valence-corrected chi connectivity index (χ4v) is 4.66. The Balaban J connectivity index is 1.27. The summed E-state index contributed by atoms with van der Waals surface area (Å²) in [7, 11) is 0. The Kier molecular flexibility index (Phi) is 8.28. The first kappa shape index (κ1) is 23.6. The molecule has 0 saturated carbocycles. The molecule has 2 fully saturated rings. The minimum absolute atomic E-state index is 0.0919. The lowest BCUT2D eigenvalue weighted by molar-refractivity contribution is -0.121. The standard InChI is InChI=1S/C24H37N7O2/c1-19-21(7-10-24(32)25-11-6-12-29-15-17-33-18-16-29)20(2)31(28-19)23-9-8-22(26-27-23)30-13-4-3-5-14-30/h8-9H,3-7,10-18H2,1-2H3,(H,25,32). The van der Waals surface area contributed by atoms with Crippen molar-refractivity contribution in [1.82, 2.24) is 30.2 Å². The predicted octanol–water partition coefficient (Wildman–Crippen LogP) is 2.04. The second kappa shape index (κ2) is 11.6. The van der Waals surface area contributed by atoms with Gasteiger partial charge in [0.15, 0.2) is 11.6 Å². The maximum Gasteiger partial charge on any atom is 0.220 e. The van der Waals surface area contributed by atoms with Crippen LogP contribution in [-0.2, 0) is 16.0 Å². The second-order valence-corrected chi connectivity index (χ2v) is 9.02. The van der Waals surface area contributed by atoms with E-state index < -0.39 is 0 Å². The molecule has 2 aromatic heterocycles. The summed E-state index contributed by atoms with van der Waals surface area (Å²) in [4.78, 5) is 17.0. The molecular formula is C24H37N7O2. The van der Waals surface area contributed by atoms with E-state index in [-0.39, 0.29) is 5.91 Å². The molecule has 2 aliphatic rings. The van der Waals surface area contributed by atoms with Crippen LogP contribution in [0.1, 0.15) is 49.1 Å². The normalized spacial score (nSPS) is 17.3. The minimum Gasteiger partial charge on any atom is -0.379 e. The van der Waals surface area contributed by atoms with Gasteiger partial charge in [-0.1, -0.05) is 0 Å². The summed E-state index contributed by atoms with van der Waals surface area (Å²) in [5.41, 5.74) is 3.07. The molecule has 2 aromatic rings. The molecule has 33 heavy (non-hydrogen) atoms. The topological polar surface area (TPSA) is 88.4 Å². The molecule has 9 nitrogen and oxygen atoms in total. The van der Waals surface area contributed by atoms with Crippen molar-refractivity contribution in [2.45, 2.75) is 52.4 Å². The van der Waals surface area contributed by atoms with Crippen LogP contribution in [0.4, 0.5) is 5.82 Å². The van der Waals surface area contributed by atoms with E-state index in [0.717, 1.165) is 80.9 Å². The third kappa shape index (κ3) is 6.29. The molecule has 1 amide bonds. The van der Waals surface area contributed by atoms with Gasteiger partial charge in [-0.2, -0.15) is 5.10 Å². The van der Waals surface area contributed by atoms with Gasteiger partial charge in [0.1, 0.15) is 0 Å². The van der Waals surface area contributed by atoms with Crippen LogP contribution in [0.2, 0.25) is 0 Å². The van der Waals surface area contributed by atoms with E-state index in [0.29, 0.717) is 19.4 Å². The lowest BCUT2D eigenvalue weighted by Gasteiger charge is -2.27. The van der Waals surface area contributed by atoms with Crippen molar-refractivity contribution in [1.29, 1.82) is 0 Å². The highest BCUT2D eigenvalue weighted by atomic mass is 16.5. The van der Waals surface area contributed by atoms with Crippen LogP contribution in [-0.4, -0.2) is 83.3 Å². The smallest absolute Gasteiger partial charge is 0.220 e. The molecule has 4 heterocycles. The fraction of sp³-hybridized carbons (Fsp3) is 0.667. The molecule has 1 N–H and O–H groups in total. The number of aromatic nitrogens is 4. The van der Waals surface area contributed by atoms with E-state index in [2.05, 4.69) is 30.4 Å². The molecule has 2 aliphatic heterocycles. The molecule has 9 heteroatoms. The molecule has 2 saturated heterocycles. The number of hydrogen-bond acceptors (Lipinski definition) is 7. The predicted molar refractivity (Wildman–Crippen MR) is 128 cm³/mol. The first-order chi connectivity index (χ1) is 16.1. The van der Waals surface area contributed by atoms with E-state index in [4.69, 9.17) is 4.74 Å². The summed E-state index contributed by atoms with van der Waals surface area (Å²) in [5.74, 6) is 1.75. The van der Waals surface area contributed by atoms with Crippen molar-refractivity contribution in [3.8, 4) is 5.82 Å². The van der Waals surface area contributed by atoms with Crippen molar-refractivity contribution in [2.24, 2.45) is 0 Å². The summed E-state index contributed by atoms with van der Waals surface area (Å²) in [6, 6.07) is 4.02. The third-order valence-electron chi connectivity index (χ3n) is 6.65. The highest BCUT2D eigenvalue weighted by Gasteiger charge is 2.17. The van der Waals surface area contributed by atoms with Gasteiger partial charge in [-0.3, -0.25) is 9.69 Å². The highest BCUT2D eigenvalue weighted by Crippen LogP contribution is 2.21. The lowest BCUT2D eigenvalue weighted by atomic mass is 10.1. The van der Waals surface area contributed by atoms with Gasteiger partial charge < -0.3 is 15.0 Å². The van der Waals surface area contributed by atoms with Crippen molar-refractivity contribution >= 4 is 11.7 Å². The monoisotopic (exact) mass is 455 g/mol. The Morgan fingerprint density at radius 1 is 1.03 bits per heavy atom. The zero-order valence-corrected chi connectivity index (χ0v) is 20.1. The summed E-state index contributed by atoms with van der Waals surface area (Å²) >= 11 is 0. The Morgan fingerprint density at radius 3 is 2.48 bits per heavy atom. The maximum atomic E-state index is 12.4. The minimum atomic E-state index is 0.0919. The number of aryl methyl sites for hydroxylation is 1. The molecule has 0 aromatic carbocycles. The molecule has 0 radical (unpaired) electrons. The number of carbonyl (C=O) groups is 1. The van der Waals surface area contributed by atoms with E-state index in [1.54, 1.807) is 0 Å². The van der Waals surface area contributed by atoms with E-state index in [9.17, 15) is 4.79 Å². The van der Waals surface area contributed by atoms with E-state index in [1.165, 1.54) is 19.3 Å². The zero-order chi connectivity index (χ0) is 23.0. The van der Waals surface area contributed by atoms with Gasteiger partial charge in [-0.05, 0) is 70.2 Å². The van der Waals surface area contributed by atoms with Gasteiger partial charge in [0, 0.05) is 44.8 Å². The van der Waals surface area contributed by atoms with Crippen molar-refractivity contribution in [3.05, 3.63) is 29.1 Å². The molecular weight excluding hydrogens is 418 g/mol. The zero-order valence-electron chi connectivity index (χ0n) is 20.1. The van der Waals surface area contributed by atoms with Crippen LogP contribution in [0.15, 0.2) is 12.1 Å². The van der Waals surface area contributed by atoms with Crippen LogP contribution in [0.25, 0.3) is 5.82 Å². The van der Waals surface area contributed by atoms with Crippen LogP contribution in [0.5, 0.6) is 0 Å². The van der Waals surface area contributed by atoms with Crippen LogP contribution < -0.4 is 10.2 Å². The maximum absolute atomic E-state index is 12.4. The van der Waals surface area contributed by atoms with Gasteiger partial charge in [-0.15, -0.1) is 10.2 Å². The molecule has 0 unspecified atom stereocenters. The number of amides is 1. The lowest BCUT2D eigenvalue weighted by Crippen LogP contribution is -2.38. The largest absolute Gasteiger partial charge is 0.379 e. The Morgan fingerprint density at radius 2 is 1.76 bits per heavy atom. The van der Waals surface area contributed by atoms with E-state index >= 15 is 0 Å². The average Bonchev–Trinajstić information content (AvgIpc) is 3.15. The van der Waals surface area contributed by atoms with Crippen molar-refractivity contribution in [2.75, 3.05) is 57.4 Å². The molecule has 0 atom stereocenters. The van der Waals surface area contributed by atoms with Crippen LogP contribution in [0.3, 0.4) is 0 Å². The molecule has 180 valence electrons. The molecule has 0 aliphatic carbocycles. The number of ether oxygens (including phenoxy) is 1. The number of carbonyl (C=O) groups excluding carboxylic acids is 1. The van der Waals surface area contributed by atoms with Crippen molar-refractivity contribution < 1.29 is 9.53 Å². The van der Waals surface area contributed by atoms with Gasteiger partial charge in [0.05, 0.1) is 18.9 Å². The number of hydrogen-bond donors (Lipinski definition) is 1. The number of rotatable bonds is 9. The first-order valence-corrected chi connectivity index (χ1v) is 12.3. The van der Waals surface area contributed by atoms with Gasteiger partial charge in [-0.25, -0.2) is 4.68 Å². The van der Waals surface area contributed by atoms with Gasteiger partial charge in [0.25, 0.3) is 0 Å². The average molecular weight is 456 g/mol. The number of nitrogens with zero attached hydrogens (tertiary/aromatic N) is 6. The highest BCUT2D eigenvalue weighted by molar-refractivity contribution is 5.76. The second-order valence-electron chi connectivity index (χ2n) is 9.02. The molecule has 0 bridgehead atoms. The van der Waals surface area contributed by atoms with Crippen LogP contribution in [0, 0.1) is 13.8 Å². The number of morpholine rings is 1. The molecule has 4 rings (SSSR count). The summed E-state index contributed by atoms with van der Waals surface area (Å²) in [5, 5.41) is 16.6. The Labute approximate surface area is 196 Å². The van der Waals surface area contributed by atoms with Crippen molar-refractivity contribution in [3.63, 3.8) is 0 Å². The quantitative estimate of drug-likeness (QED) is 0.579. The summed E-state index contributed by atoms with van der Waals surface area (Å²) in [6.07, 6.45) is 5.82.